The maximum atomic E-state index is 13.5. The molecule has 0 unspecified atom stereocenters. The lowest BCUT2D eigenvalue weighted by atomic mass is 10.1. The number of nitrogens with zero attached hydrogens (tertiary/aromatic N) is 2. The van der Waals surface area contributed by atoms with Crippen molar-refractivity contribution in [2.45, 2.75) is 12.8 Å². The molecule has 0 fully saturated rings. The molecular weight excluding hydrogens is 313 g/mol. The molecule has 0 atom stereocenters. The van der Waals surface area contributed by atoms with Gasteiger partial charge in [-0.15, -0.1) is 11.3 Å². The minimum atomic E-state index is -0.238. The zero-order valence-corrected chi connectivity index (χ0v) is 13.2. The van der Waals surface area contributed by atoms with Crippen LogP contribution in [0.15, 0.2) is 54.2 Å². The molecule has 3 rings (SSSR count). The first-order valence-corrected chi connectivity index (χ1v) is 8.18. The van der Waals surface area contributed by atoms with Crippen molar-refractivity contribution in [2.75, 3.05) is 6.54 Å². The van der Waals surface area contributed by atoms with E-state index in [-0.39, 0.29) is 18.1 Å². The van der Waals surface area contributed by atoms with E-state index in [4.69, 9.17) is 0 Å². The zero-order valence-electron chi connectivity index (χ0n) is 12.4. The van der Waals surface area contributed by atoms with Crippen molar-refractivity contribution in [3.8, 4) is 5.13 Å². The molecule has 1 amide bonds. The molecule has 4 nitrogen and oxygen atoms in total. The third kappa shape index (κ3) is 4.04. The van der Waals surface area contributed by atoms with Crippen molar-refractivity contribution < 1.29 is 9.18 Å². The summed E-state index contributed by atoms with van der Waals surface area (Å²) in [6, 6.07) is 10.5. The first-order chi connectivity index (χ1) is 11.2. The van der Waals surface area contributed by atoms with Crippen molar-refractivity contribution in [2.24, 2.45) is 0 Å². The number of benzene rings is 1. The van der Waals surface area contributed by atoms with E-state index >= 15 is 0 Å². The number of amides is 1. The van der Waals surface area contributed by atoms with Gasteiger partial charge in [-0.2, -0.15) is 0 Å². The van der Waals surface area contributed by atoms with Gasteiger partial charge in [0.25, 0.3) is 0 Å². The Kier molecular flexibility index (Phi) is 4.83. The third-order valence-electron chi connectivity index (χ3n) is 3.38. The normalized spacial score (nSPS) is 10.7. The Hall–Kier alpha value is -2.47. The van der Waals surface area contributed by atoms with Crippen LogP contribution in [0.3, 0.4) is 0 Å². The van der Waals surface area contributed by atoms with E-state index < -0.39 is 0 Å². The van der Waals surface area contributed by atoms with Gasteiger partial charge >= 0.3 is 0 Å². The molecule has 0 aliphatic heterocycles. The lowest BCUT2D eigenvalue weighted by Crippen LogP contribution is -2.27. The molecule has 2 aromatic heterocycles. The molecular formula is C17H16FN3OS. The maximum absolute atomic E-state index is 13.5. The maximum Gasteiger partial charge on any atom is 0.226 e. The number of hydrogen-bond donors (Lipinski definition) is 1. The van der Waals surface area contributed by atoms with E-state index in [1.165, 1.54) is 17.4 Å². The number of halogens is 1. The summed E-state index contributed by atoms with van der Waals surface area (Å²) >= 11 is 1.49. The summed E-state index contributed by atoms with van der Waals surface area (Å²) in [5.41, 5.74) is 1.35. The monoisotopic (exact) mass is 329 g/mol. The first kappa shape index (κ1) is 15.4. The second-order valence-corrected chi connectivity index (χ2v) is 5.92. The van der Waals surface area contributed by atoms with Crippen LogP contribution in [0, 0.1) is 5.82 Å². The van der Waals surface area contributed by atoms with Crippen LogP contribution in [0.4, 0.5) is 4.39 Å². The van der Waals surface area contributed by atoms with Crippen LogP contribution in [0.25, 0.3) is 5.13 Å². The van der Waals surface area contributed by atoms with Crippen molar-refractivity contribution >= 4 is 17.2 Å². The highest BCUT2D eigenvalue weighted by molar-refractivity contribution is 7.12. The van der Waals surface area contributed by atoms with Gasteiger partial charge in [0, 0.05) is 24.3 Å². The van der Waals surface area contributed by atoms with Gasteiger partial charge in [-0.25, -0.2) is 9.37 Å². The number of rotatable bonds is 6. The molecule has 6 heteroatoms. The predicted octanol–water partition coefficient (Wildman–Crippen LogP) is 2.97. The molecule has 0 saturated heterocycles. The molecule has 118 valence electrons. The summed E-state index contributed by atoms with van der Waals surface area (Å²) in [6.07, 6.45) is 4.54. The SMILES string of the molecule is O=C(Cc1csc(-n2cccc2)n1)NCCc1ccccc1F. The van der Waals surface area contributed by atoms with Crippen molar-refractivity contribution in [1.82, 2.24) is 14.9 Å². The van der Waals surface area contributed by atoms with Crippen LogP contribution >= 0.6 is 11.3 Å². The minimum Gasteiger partial charge on any atom is -0.355 e. The van der Waals surface area contributed by atoms with Crippen molar-refractivity contribution in [1.29, 1.82) is 0 Å². The summed E-state index contributed by atoms with van der Waals surface area (Å²) in [4.78, 5) is 16.4. The average Bonchev–Trinajstić information content (AvgIpc) is 3.20. The summed E-state index contributed by atoms with van der Waals surface area (Å²) in [7, 11) is 0. The molecule has 0 radical (unpaired) electrons. The minimum absolute atomic E-state index is 0.106. The number of carbonyl (C=O) groups is 1. The lowest BCUT2D eigenvalue weighted by molar-refractivity contribution is -0.120. The fourth-order valence-electron chi connectivity index (χ4n) is 2.22. The molecule has 1 N–H and O–H groups in total. The van der Waals surface area contributed by atoms with Gasteiger partial charge in [-0.05, 0) is 30.2 Å². The number of aromatic nitrogens is 2. The number of carbonyl (C=O) groups excluding carboxylic acids is 1. The van der Waals surface area contributed by atoms with E-state index in [1.807, 2.05) is 34.5 Å². The second-order valence-electron chi connectivity index (χ2n) is 5.08. The first-order valence-electron chi connectivity index (χ1n) is 7.30. The van der Waals surface area contributed by atoms with E-state index in [1.54, 1.807) is 18.2 Å². The lowest BCUT2D eigenvalue weighted by Gasteiger charge is -2.05. The molecule has 0 spiro atoms. The van der Waals surface area contributed by atoms with Gasteiger partial charge in [0.05, 0.1) is 12.1 Å². The Labute approximate surface area is 137 Å². The van der Waals surface area contributed by atoms with E-state index in [0.717, 1.165) is 10.8 Å². The molecule has 0 aliphatic carbocycles. The second kappa shape index (κ2) is 7.19. The zero-order chi connectivity index (χ0) is 16.1. The van der Waals surface area contributed by atoms with Gasteiger partial charge in [-0.1, -0.05) is 18.2 Å². The summed E-state index contributed by atoms with van der Waals surface area (Å²) in [5, 5.41) is 5.52. The van der Waals surface area contributed by atoms with Gasteiger partial charge in [0.1, 0.15) is 5.82 Å². The van der Waals surface area contributed by atoms with E-state index in [0.29, 0.717) is 18.5 Å². The van der Waals surface area contributed by atoms with Crippen LogP contribution < -0.4 is 5.32 Å². The fourth-order valence-corrected chi connectivity index (χ4v) is 3.01. The summed E-state index contributed by atoms with van der Waals surface area (Å²) in [6.45, 7) is 0.411. The standard InChI is InChI=1S/C17H16FN3OS/c18-15-6-2-1-5-13(15)7-8-19-16(22)11-14-12-23-17(20-14)21-9-3-4-10-21/h1-6,9-10,12H,7-8,11H2,(H,19,22). The molecule has 23 heavy (non-hydrogen) atoms. The highest BCUT2D eigenvalue weighted by atomic mass is 32.1. The molecule has 0 saturated carbocycles. The molecule has 0 bridgehead atoms. The number of thiazole rings is 1. The molecule has 2 heterocycles. The van der Waals surface area contributed by atoms with Crippen LogP contribution in [0.1, 0.15) is 11.3 Å². The van der Waals surface area contributed by atoms with Crippen molar-refractivity contribution in [3.63, 3.8) is 0 Å². The molecule has 3 aromatic rings. The van der Waals surface area contributed by atoms with Gasteiger partial charge in [0.15, 0.2) is 5.13 Å². The van der Waals surface area contributed by atoms with E-state index in [9.17, 15) is 9.18 Å². The highest BCUT2D eigenvalue weighted by Gasteiger charge is 2.08. The summed E-state index contributed by atoms with van der Waals surface area (Å²) in [5.74, 6) is -0.344. The average molecular weight is 329 g/mol. The van der Waals surface area contributed by atoms with Crippen LogP contribution in [0.5, 0.6) is 0 Å². The fraction of sp³-hybridized carbons (Fsp3) is 0.176. The number of hydrogen-bond acceptors (Lipinski definition) is 3. The van der Waals surface area contributed by atoms with E-state index in [2.05, 4.69) is 10.3 Å². The Morgan fingerprint density at radius 2 is 2.00 bits per heavy atom. The van der Waals surface area contributed by atoms with Gasteiger partial charge < -0.3 is 9.88 Å². The third-order valence-corrected chi connectivity index (χ3v) is 4.28. The summed E-state index contributed by atoms with van der Waals surface area (Å²) < 4.78 is 15.4. The Balaban J connectivity index is 1.49. The Bertz CT molecular complexity index is 783. The van der Waals surface area contributed by atoms with Gasteiger partial charge in [-0.3, -0.25) is 4.79 Å². The smallest absolute Gasteiger partial charge is 0.226 e. The Morgan fingerprint density at radius 3 is 2.78 bits per heavy atom. The van der Waals surface area contributed by atoms with Gasteiger partial charge in [0.2, 0.25) is 5.91 Å². The van der Waals surface area contributed by atoms with Crippen LogP contribution in [-0.4, -0.2) is 22.0 Å². The van der Waals surface area contributed by atoms with Crippen LogP contribution in [-0.2, 0) is 17.6 Å². The molecule has 0 aliphatic rings. The number of nitrogens with one attached hydrogen (secondary N) is 1. The molecule has 1 aromatic carbocycles. The van der Waals surface area contributed by atoms with Crippen molar-refractivity contribution in [3.05, 3.63) is 71.2 Å². The largest absolute Gasteiger partial charge is 0.355 e. The Morgan fingerprint density at radius 1 is 1.22 bits per heavy atom. The highest BCUT2D eigenvalue weighted by Crippen LogP contribution is 2.15. The topological polar surface area (TPSA) is 46.9 Å². The van der Waals surface area contributed by atoms with Crippen LogP contribution in [0.2, 0.25) is 0 Å². The quantitative estimate of drug-likeness (QED) is 0.756. The predicted molar refractivity (Wildman–Crippen MR) is 88.3 cm³/mol.